The number of hydrogen-bond donors (Lipinski definition) is 0. The van der Waals surface area contributed by atoms with E-state index in [0.717, 1.165) is 61.8 Å². The predicted molar refractivity (Wildman–Crippen MR) is 327 cm³/mol. The van der Waals surface area contributed by atoms with Gasteiger partial charge in [-0.15, -0.1) is 0 Å². The van der Waals surface area contributed by atoms with Gasteiger partial charge in [-0.1, -0.05) is 196 Å². The van der Waals surface area contributed by atoms with Crippen LogP contribution in [-0.4, -0.2) is 6.04 Å². The fourth-order valence-corrected chi connectivity index (χ4v) is 12.6. The Morgan fingerprint density at radius 3 is 1.44 bits per heavy atom. The zero-order valence-electron chi connectivity index (χ0n) is 45.6. The molecule has 8 aromatic carbocycles. The Bertz CT molecular complexity index is 4090. The minimum atomic E-state index is -0.234. The molecule has 4 nitrogen and oxygen atoms in total. The summed E-state index contributed by atoms with van der Waals surface area (Å²) in [5.41, 5.74) is 31.2. The summed E-state index contributed by atoms with van der Waals surface area (Å²) in [5, 5.41) is 0. The van der Waals surface area contributed by atoms with E-state index in [1.165, 1.54) is 83.5 Å². The average Bonchev–Trinajstić information content (AvgIpc) is 3.43. The van der Waals surface area contributed by atoms with Crippen LogP contribution < -0.4 is 9.80 Å². The third kappa shape index (κ3) is 9.16. The van der Waals surface area contributed by atoms with Crippen LogP contribution in [0, 0.1) is 74.5 Å². The number of allylic oxidation sites excluding steroid dienone is 10. The second-order valence-electron chi connectivity index (χ2n) is 21.8. The van der Waals surface area contributed by atoms with Crippen molar-refractivity contribution < 1.29 is 0 Å². The molecule has 376 valence electrons. The molecule has 2 unspecified atom stereocenters. The van der Waals surface area contributed by atoms with E-state index in [4.69, 9.17) is 13.1 Å². The van der Waals surface area contributed by atoms with Gasteiger partial charge in [0.2, 0.25) is 0 Å². The standard InChI is InChI=1S/C74H60N4/c1-45-29-46(2)34-57(33-45)55-21-27-71(67(41-55)59-37-49(5)31-50(6)38-59)77(63-15-11-13-61(43-63)75-9)69-25-19-53-18-24-66-70(26-20-54-17-23-65(69)73(53)74(54)66)78(64-16-12-14-62(44-64)76-10)72-28-22-56(58-35-47(3)30-48(4)36-58)42-68(72)60-39-51(7)32-52(8)40-60/h11-44,69,74H,1-8H3. The summed E-state index contributed by atoms with van der Waals surface area (Å²) in [6, 6.07) is 57.1. The molecule has 0 aliphatic heterocycles. The van der Waals surface area contributed by atoms with Gasteiger partial charge in [-0.05, 0) is 171 Å². The molecule has 0 radical (unpaired) electrons. The van der Waals surface area contributed by atoms with Crippen LogP contribution in [0.1, 0.15) is 44.5 Å². The maximum absolute atomic E-state index is 8.19. The second kappa shape index (κ2) is 19.9. The van der Waals surface area contributed by atoms with Crippen LogP contribution in [0.25, 0.3) is 54.2 Å². The summed E-state index contributed by atoms with van der Waals surface area (Å²) in [4.78, 5) is 12.8. The monoisotopic (exact) mass is 1000 g/mol. The molecule has 0 heterocycles. The Balaban J connectivity index is 1.05. The van der Waals surface area contributed by atoms with Crippen molar-refractivity contribution in [3.63, 3.8) is 0 Å². The average molecular weight is 1010 g/mol. The van der Waals surface area contributed by atoms with Crippen molar-refractivity contribution in [1.82, 2.24) is 0 Å². The highest BCUT2D eigenvalue weighted by Gasteiger charge is 2.40. The number of anilines is 4. The SMILES string of the molecule is [C-]#[N+]c1cccc(N(C2=C3C=CC4=C5C(=CC=C(C=C2)C35)C(N(c2cccc([N+]#[C-])c2)c2ccc(-c3cc(C)cc(C)c3)cc2-c2cc(C)cc(C)c2)C=C4)c2ccc(-c3cc(C)cc(C)c3)cc2-c2cc(C)cc(C)c2)c1. The lowest BCUT2D eigenvalue weighted by Gasteiger charge is -2.44. The minimum Gasteiger partial charge on any atom is -0.331 e. The van der Waals surface area contributed by atoms with Crippen molar-refractivity contribution in [3.8, 4) is 44.5 Å². The van der Waals surface area contributed by atoms with Gasteiger partial charge in [-0.2, -0.15) is 0 Å². The summed E-state index contributed by atoms with van der Waals surface area (Å²) in [5.74, 6) is -0.0783. The third-order valence-electron chi connectivity index (χ3n) is 15.6. The Morgan fingerprint density at radius 2 is 0.897 bits per heavy atom. The highest BCUT2D eigenvalue weighted by atomic mass is 15.2. The summed E-state index contributed by atoms with van der Waals surface area (Å²) in [7, 11) is 0. The van der Waals surface area contributed by atoms with Crippen LogP contribution in [0.5, 0.6) is 0 Å². The summed E-state index contributed by atoms with van der Waals surface area (Å²) in [6.45, 7) is 33.8. The van der Waals surface area contributed by atoms with Crippen LogP contribution in [0.15, 0.2) is 240 Å². The first-order valence-electron chi connectivity index (χ1n) is 26.9. The maximum atomic E-state index is 8.19. The third-order valence-corrected chi connectivity index (χ3v) is 15.6. The first kappa shape index (κ1) is 49.4. The summed E-state index contributed by atoms with van der Waals surface area (Å²) >= 11 is 0. The fourth-order valence-electron chi connectivity index (χ4n) is 12.6. The van der Waals surface area contributed by atoms with E-state index in [9.17, 15) is 0 Å². The normalized spacial score (nSPS) is 15.8. The zero-order chi connectivity index (χ0) is 53.9. The molecule has 8 aromatic rings. The van der Waals surface area contributed by atoms with Crippen molar-refractivity contribution in [2.24, 2.45) is 5.92 Å². The highest BCUT2D eigenvalue weighted by Crippen LogP contribution is 2.54. The van der Waals surface area contributed by atoms with Gasteiger partial charge in [-0.25, -0.2) is 9.69 Å². The number of benzene rings is 8. The molecule has 12 rings (SSSR count). The Hall–Kier alpha value is -9.48. The van der Waals surface area contributed by atoms with Gasteiger partial charge in [0.1, 0.15) is 0 Å². The van der Waals surface area contributed by atoms with Gasteiger partial charge in [0.25, 0.3) is 0 Å². The summed E-state index contributed by atoms with van der Waals surface area (Å²) in [6.07, 6.45) is 18.6. The van der Waals surface area contributed by atoms with Crippen LogP contribution >= 0.6 is 0 Å². The van der Waals surface area contributed by atoms with E-state index in [1.54, 1.807) is 0 Å². The number of rotatable bonds is 10. The molecular weight excluding hydrogens is 945 g/mol. The lowest BCUT2D eigenvalue weighted by molar-refractivity contribution is 0.773. The Labute approximate surface area is 460 Å². The number of aryl methyl sites for hydroxylation is 8. The molecule has 0 amide bonds. The molecule has 0 spiro atoms. The van der Waals surface area contributed by atoms with Crippen LogP contribution in [0.4, 0.5) is 34.1 Å². The first-order valence-corrected chi connectivity index (χ1v) is 26.9. The zero-order valence-corrected chi connectivity index (χ0v) is 45.6. The van der Waals surface area contributed by atoms with E-state index in [1.807, 2.05) is 36.4 Å². The number of nitrogens with zero attached hydrogens (tertiary/aromatic N) is 4. The molecule has 0 saturated carbocycles. The molecule has 0 saturated heterocycles. The quantitative estimate of drug-likeness (QED) is 0.127. The van der Waals surface area contributed by atoms with E-state index in [2.05, 4.69) is 245 Å². The first-order chi connectivity index (χ1) is 37.8. The topological polar surface area (TPSA) is 15.2 Å². The van der Waals surface area contributed by atoms with Gasteiger partial charge in [0, 0.05) is 34.1 Å². The van der Waals surface area contributed by atoms with Gasteiger partial charge in [-0.3, -0.25) is 0 Å². The van der Waals surface area contributed by atoms with Crippen molar-refractivity contribution in [2.75, 3.05) is 9.80 Å². The van der Waals surface area contributed by atoms with Crippen molar-refractivity contribution >= 4 is 34.1 Å². The van der Waals surface area contributed by atoms with E-state index in [0.29, 0.717) is 11.4 Å². The summed E-state index contributed by atoms with van der Waals surface area (Å²) < 4.78 is 0. The lowest BCUT2D eigenvalue weighted by atomic mass is 9.67. The highest BCUT2D eigenvalue weighted by molar-refractivity contribution is 5.92. The van der Waals surface area contributed by atoms with Crippen molar-refractivity contribution in [2.45, 2.75) is 61.4 Å². The van der Waals surface area contributed by atoms with Crippen molar-refractivity contribution in [3.05, 3.63) is 307 Å². The van der Waals surface area contributed by atoms with Gasteiger partial charge >= 0.3 is 0 Å². The Kier molecular flexibility index (Phi) is 12.6. The molecule has 4 aliphatic carbocycles. The lowest BCUT2D eigenvalue weighted by Crippen LogP contribution is -2.37. The molecule has 0 fully saturated rings. The Morgan fingerprint density at radius 1 is 0.410 bits per heavy atom. The molecule has 0 N–H and O–H groups in total. The van der Waals surface area contributed by atoms with Crippen LogP contribution in [-0.2, 0) is 0 Å². The van der Waals surface area contributed by atoms with Crippen LogP contribution in [0.2, 0.25) is 0 Å². The predicted octanol–water partition coefficient (Wildman–Crippen LogP) is 20.0. The minimum absolute atomic E-state index is 0.0783. The van der Waals surface area contributed by atoms with Gasteiger partial charge in [0.15, 0.2) is 11.4 Å². The number of hydrogen-bond acceptors (Lipinski definition) is 2. The molecule has 0 bridgehead atoms. The molecular formula is C74H60N4. The van der Waals surface area contributed by atoms with E-state index >= 15 is 0 Å². The fraction of sp³-hybridized carbons (Fsp3) is 0.135. The van der Waals surface area contributed by atoms with Gasteiger partial charge in [0.05, 0.1) is 30.6 Å². The largest absolute Gasteiger partial charge is 0.331 e. The molecule has 4 aliphatic rings. The van der Waals surface area contributed by atoms with Gasteiger partial charge < -0.3 is 9.80 Å². The molecule has 4 heteroatoms. The molecule has 2 atom stereocenters. The smallest absolute Gasteiger partial charge is 0.189 e. The molecule has 78 heavy (non-hydrogen) atoms. The second-order valence-corrected chi connectivity index (χ2v) is 21.8. The molecule has 0 aromatic heterocycles. The van der Waals surface area contributed by atoms with Crippen LogP contribution in [0.3, 0.4) is 0 Å². The van der Waals surface area contributed by atoms with E-state index in [-0.39, 0.29) is 12.0 Å². The van der Waals surface area contributed by atoms with Crippen molar-refractivity contribution in [1.29, 1.82) is 0 Å². The maximum Gasteiger partial charge on any atom is 0.189 e. The van der Waals surface area contributed by atoms with E-state index < -0.39 is 0 Å².